The quantitative estimate of drug-likeness (QED) is 0.684. The first-order valence-corrected chi connectivity index (χ1v) is 8.08. The van der Waals surface area contributed by atoms with Crippen molar-refractivity contribution >= 4 is 11.9 Å². The fourth-order valence-electron chi connectivity index (χ4n) is 2.29. The Bertz CT molecular complexity index is 884. The molecule has 0 saturated carbocycles. The van der Waals surface area contributed by atoms with Crippen molar-refractivity contribution in [3.05, 3.63) is 65.9 Å². The van der Waals surface area contributed by atoms with Crippen molar-refractivity contribution < 1.29 is 23.2 Å². The predicted molar refractivity (Wildman–Crippen MR) is 92.1 cm³/mol. The van der Waals surface area contributed by atoms with Crippen LogP contribution in [0.2, 0.25) is 0 Å². The van der Waals surface area contributed by atoms with E-state index in [4.69, 9.17) is 13.6 Å². The number of rotatable bonds is 6. The summed E-state index contributed by atoms with van der Waals surface area (Å²) in [5.74, 6) is 0.118. The van der Waals surface area contributed by atoms with E-state index in [2.05, 4.69) is 10.3 Å². The number of carbonyl (C=O) groups is 2. The molecule has 0 bridgehead atoms. The molecule has 0 aliphatic rings. The number of benzene rings is 1. The van der Waals surface area contributed by atoms with Gasteiger partial charge in [-0.25, -0.2) is 9.78 Å². The van der Waals surface area contributed by atoms with Crippen LogP contribution >= 0.6 is 0 Å². The molecule has 0 aliphatic heterocycles. The van der Waals surface area contributed by atoms with Crippen LogP contribution in [-0.2, 0) is 16.1 Å². The fourth-order valence-corrected chi connectivity index (χ4v) is 2.29. The first kappa shape index (κ1) is 17.5. The molecule has 1 unspecified atom stereocenters. The second-order valence-corrected chi connectivity index (χ2v) is 5.63. The van der Waals surface area contributed by atoms with Crippen LogP contribution in [0.15, 0.2) is 57.6 Å². The Morgan fingerprint density at radius 1 is 1.19 bits per heavy atom. The van der Waals surface area contributed by atoms with Gasteiger partial charge >= 0.3 is 5.97 Å². The number of oxazole rings is 1. The zero-order chi connectivity index (χ0) is 18.5. The van der Waals surface area contributed by atoms with Crippen LogP contribution in [0.4, 0.5) is 0 Å². The van der Waals surface area contributed by atoms with E-state index in [0.29, 0.717) is 17.4 Å². The lowest BCUT2D eigenvalue weighted by molar-refractivity contribution is -0.129. The molecule has 1 amide bonds. The number of hydrogen-bond acceptors (Lipinski definition) is 6. The smallest absolute Gasteiger partial charge is 0.361 e. The van der Waals surface area contributed by atoms with Crippen LogP contribution in [0.25, 0.3) is 11.5 Å². The topological polar surface area (TPSA) is 94.6 Å². The lowest BCUT2D eigenvalue weighted by Gasteiger charge is -2.12. The van der Waals surface area contributed by atoms with Crippen LogP contribution in [0, 0.1) is 6.92 Å². The summed E-state index contributed by atoms with van der Waals surface area (Å²) in [5.41, 5.74) is 0.799. The highest BCUT2D eigenvalue weighted by molar-refractivity contribution is 5.91. The van der Waals surface area contributed by atoms with E-state index in [1.54, 1.807) is 19.1 Å². The zero-order valence-corrected chi connectivity index (χ0v) is 14.4. The van der Waals surface area contributed by atoms with E-state index >= 15 is 0 Å². The third-order valence-corrected chi connectivity index (χ3v) is 3.68. The predicted octanol–water partition coefficient (Wildman–Crippen LogP) is 3.10. The van der Waals surface area contributed by atoms with Gasteiger partial charge in [-0.2, -0.15) is 0 Å². The van der Waals surface area contributed by atoms with Crippen molar-refractivity contribution in [2.75, 3.05) is 0 Å². The maximum absolute atomic E-state index is 12.3. The minimum absolute atomic E-state index is 0.0505. The van der Waals surface area contributed by atoms with Crippen LogP contribution in [-0.4, -0.2) is 23.0 Å². The van der Waals surface area contributed by atoms with E-state index in [-0.39, 0.29) is 12.2 Å². The third-order valence-electron chi connectivity index (χ3n) is 3.68. The molecule has 2 heterocycles. The van der Waals surface area contributed by atoms with Gasteiger partial charge in [-0.15, -0.1) is 0 Å². The maximum Gasteiger partial charge on any atom is 0.361 e. The van der Waals surface area contributed by atoms with Crippen molar-refractivity contribution in [3.63, 3.8) is 0 Å². The Balaban J connectivity index is 1.62. The van der Waals surface area contributed by atoms with Crippen LogP contribution < -0.4 is 5.32 Å². The lowest BCUT2D eigenvalue weighted by Crippen LogP contribution is -2.35. The number of aromatic nitrogens is 1. The van der Waals surface area contributed by atoms with Gasteiger partial charge in [0.25, 0.3) is 5.91 Å². The fraction of sp³-hybridized carbons (Fsp3) is 0.211. The summed E-state index contributed by atoms with van der Waals surface area (Å²) in [6.45, 7) is 3.33. The van der Waals surface area contributed by atoms with Crippen LogP contribution in [0.1, 0.15) is 28.9 Å². The number of nitrogens with one attached hydrogen (secondary N) is 1. The van der Waals surface area contributed by atoms with Crippen LogP contribution in [0.5, 0.6) is 0 Å². The van der Waals surface area contributed by atoms with Crippen molar-refractivity contribution in [1.82, 2.24) is 10.3 Å². The maximum atomic E-state index is 12.3. The Morgan fingerprint density at radius 2 is 1.96 bits per heavy atom. The minimum Gasteiger partial charge on any atom is -0.467 e. The number of hydrogen-bond donors (Lipinski definition) is 1. The molecule has 2 aromatic heterocycles. The molecule has 0 saturated heterocycles. The summed E-state index contributed by atoms with van der Waals surface area (Å²) in [7, 11) is 0. The molecule has 3 aromatic rings. The first-order chi connectivity index (χ1) is 12.5. The molecule has 0 fully saturated rings. The van der Waals surface area contributed by atoms with Gasteiger partial charge < -0.3 is 18.9 Å². The summed E-state index contributed by atoms with van der Waals surface area (Å²) in [6.07, 6.45) is 0.538. The Hall–Kier alpha value is -3.35. The van der Waals surface area contributed by atoms with Crippen LogP contribution in [0.3, 0.4) is 0 Å². The van der Waals surface area contributed by atoms with Gasteiger partial charge in [0, 0.05) is 5.56 Å². The second kappa shape index (κ2) is 7.69. The molecule has 7 nitrogen and oxygen atoms in total. The van der Waals surface area contributed by atoms with E-state index in [1.165, 1.54) is 13.2 Å². The summed E-state index contributed by atoms with van der Waals surface area (Å²) >= 11 is 0. The Morgan fingerprint density at radius 3 is 2.65 bits per heavy atom. The second-order valence-electron chi connectivity index (χ2n) is 5.63. The summed E-state index contributed by atoms with van der Waals surface area (Å²) in [6, 6.07) is 12.7. The van der Waals surface area contributed by atoms with Gasteiger partial charge in [0.1, 0.15) is 11.5 Å². The van der Waals surface area contributed by atoms with Crippen molar-refractivity contribution in [3.8, 4) is 11.5 Å². The summed E-state index contributed by atoms with van der Waals surface area (Å²) in [5, 5.41) is 2.63. The van der Waals surface area contributed by atoms with Crippen molar-refractivity contribution in [1.29, 1.82) is 0 Å². The van der Waals surface area contributed by atoms with E-state index in [0.717, 1.165) is 5.56 Å². The average molecular weight is 354 g/mol. The van der Waals surface area contributed by atoms with Gasteiger partial charge in [0.05, 0.1) is 12.8 Å². The number of esters is 1. The number of furan rings is 1. The SMILES string of the molecule is Cc1oc(-c2ccccc2)nc1C(=O)OC(C)C(=O)NCc1ccco1. The molecule has 3 rings (SSSR count). The Labute approximate surface area is 150 Å². The molecule has 0 radical (unpaired) electrons. The standard InChI is InChI=1S/C19H18N2O5/c1-12-16(21-18(25-12)14-7-4-3-5-8-14)19(23)26-13(2)17(22)20-11-15-9-6-10-24-15/h3-10,13H,11H2,1-2H3,(H,20,22). The minimum atomic E-state index is -0.978. The van der Waals surface area contributed by atoms with Crippen molar-refractivity contribution in [2.24, 2.45) is 0 Å². The molecule has 7 heteroatoms. The largest absolute Gasteiger partial charge is 0.467 e. The molecule has 26 heavy (non-hydrogen) atoms. The molecule has 0 spiro atoms. The van der Waals surface area contributed by atoms with Gasteiger partial charge in [-0.05, 0) is 38.1 Å². The molecular weight excluding hydrogens is 336 g/mol. The molecule has 1 atom stereocenters. The van der Waals surface area contributed by atoms with E-state index in [9.17, 15) is 9.59 Å². The van der Waals surface area contributed by atoms with Gasteiger partial charge in [0.2, 0.25) is 5.89 Å². The molecule has 0 aliphatic carbocycles. The molecule has 1 aromatic carbocycles. The third kappa shape index (κ3) is 4.00. The number of ether oxygens (including phenoxy) is 1. The number of amides is 1. The Kier molecular flexibility index (Phi) is 5.17. The highest BCUT2D eigenvalue weighted by Gasteiger charge is 2.24. The lowest BCUT2D eigenvalue weighted by atomic mass is 10.2. The van der Waals surface area contributed by atoms with Gasteiger partial charge in [-0.3, -0.25) is 4.79 Å². The van der Waals surface area contributed by atoms with Gasteiger partial charge in [-0.1, -0.05) is 18.2 Å². The highest BCUT2D eigenvalue weighted by atomic mass is 16.5. The monoisotopic (exact) mass is 354 g/mol. The number of aryl methyl sites for hydroxylation is 1. The van der Waals surface area contributed by atoms with Crippen molar-refractivity contribution in [2.45, 2.75) is 26.5 Å². The molecular formula is C19H18N2O5. The summed E-state index contributed by atoms with van der Waals surface area (Å²) < 4.78 is 15.9. The van der Waals surface area contributed by atoms with Gasteiger partial charge in [0.15, 0.2) is 11.8 Å². The summed E-state index contributed by atoms with van der Waals surface area (Å²) in [4.78, 5) is 28.5. The normalized spacial score (nSPS) is 11.8. The average Bonchev–Trinajstić information content (AvgIpc) is 3.29. The first-order valence-electron chi connectivity index (χ1n) is 8.08. The highest BCUT2D eigenvalue weighted by Crippen LogP contribution is 2.22. The molecule has 1 N–H and O–H groups in total. The number of carbonyl (C=O) groups excluding carboxylic acids is 2. The molecule has 134 valence electrons. The van der Waals surface area contributed by atoms with E-state index < -0.39 is 18.0 Å². The zero-order valence-electron chi connectivity index (χ0n) is 14.4. The number of nitrogens with zero attached hydrogens (tertiary/aromatic N) is 1. The van der Waals surface area contributed by atoms with E-state index in [1.807, 2.05) is 30.3 Å².